The largest absolute Gasteiger partial charge is 0.330 e. The average molecular weight is 279 g/mol. The molecule has 0 aliphatic carbocycles. The van der Waals surface area contributed by atoms with Crippen LogP contribution >= 0.6 is 0 Å². The predicted molar refractivity (Wildman–Crippen MR) is 88.0 cm³/mol. The van der Waals surface area contributed by atoms with Crippen molar-refractivity contribution in [1.29, 1.82) is 0 Å². The molecule has 2 aromatic carbocycles. The molecular weight excluding hydrogens is 258 g/mol. The Hall–Kier alpha value is -2.13. The molecule has 1 aromatic heterocycles. The van der Waals surface area contributed by atoms with Gasteiger partial charge < -0.3 is 5.73 Å². The highest BCUT2D eigenvalue weighted by molar-refractivity contribution is 5.79. The molecule has 0 saturated heterocycles. The Morgan fingerprint density at radius 2 is 1.76 bits per heavy atom. The molecule has 0 bridgehead atoms. The van der Waals surface area contributed by atoms with Gasteiger partial charge in [-0.05, 0) is 74.2 Å². The molecule has 108 valence electrons. The van der Waals surface area contributed by atoms with Crippen LogP contribution in [0, 0.1) is 20.8 Å². The number of hydrogen-bond donors (Lipinski definition) is 1. The summed E-state index contributed by atoms with van der Waals surface area (Å²) in [4.78, 5) is 4.55. The minimum absolute atomic E-state index is 0.672. The van der Waals surface area contributed by atoms with Crippen LogP contribution in [0.25, 0.3) is 16.7 Å². The molecule has 3 aromatic rings. The minimum atomic E-state index is 0.672. The van der Waals surface area contributed by atoms with Gasteiger partial charge in [0.25, 0.3) is 0 Å². The molecule has 2 N–H and O–H groups in total. The zero-order valence-electron chi connectivity index (χ0n) is 12.9. The van der Waals surface area contributed by atoms with E-state index in [-0.39, 0.29) is 0 Å². The van der Waals surface area contributed by atoms with Gasteiger partial charge in [-0.2, -0.15) is 0 Å². The normalized spacial score (nSPS) is 11.2. The summed E-state index contributed by atoms with van der Waals surface area (Å²) in [6, 6.07) is 10.9. The Morgan fingerprint density at radius 3 is 2.52 bits per heavy atom. The molecule has 0 aliphatic heterocycles. The van der Waals surface area contributed by atoms with Crippen molar-refractivity contribution in [3.8, 4) is 5.69 Å². The van der Waals surface area contributed by atoms with Crippen LogP contribution in [-0.2, 0) is 6.42 Å². The molecule has 3 heteroatoms. The molecule has 0 spiro atoms. The first-order valence-electron chi connectivity index (χ1n) is 7.34. The molecule has 0 atom stereocenters. The summed E-state index contributed by atoms with van der Waals surface area (Å²) in [6.45, 7) is 7.07. The van der Waals surface area contributed by atoms with Crippen molar-refractivity contribution in [2.24, 2.45) is 5.73 Å². The maximum absolute atomic E-state index is 5.68. The first kappa shape index (κ1) is 13.8. The second-order valence-corrected chi connectivity index (χ2v) is 5.70. The topological polar surface area (TPSA) is 43.8 Å². The van der Waals surface area contributed by atoms with Crippen molar-refractivity contribution < 1.29 is 0 Å². The summed E-state index contributed by atoms with van der Waals surface area (Å²) in [7, 11) is 0. The Bertz CT molecular complexity index is 800. The molecule has 0 aliphatic rings. The molecule has 0 fully saturated rings. The van der Waals surface area contributed by atoms with E-state index in [4.69, 9.17) is 5.73 Å². The zero-order valence-corrected chi connectivity index (χ0v) is 12.9. The van der Waals surface area contributed by atoms with E-state index < -0.39 is 0 Å². The maximum atomic E-state index is 5.68. The highest BCUT2D eigenvalue weighted by Crippen LogP contribution is 2.24. The number of aryl methyl sites for hydroxylation is 3. The number of nitrogens with two attached hydrogens (primary N) is 1. The number of fused-ring (bicyclic) bond motifs is 1. The van der Waals surface area contributed by atoms with Crippen LogP contribution in [-0.4, -0.2) is 16.1 Å². The number of aromatic nitrogens is 2. The predicted octanol–water partition coefficient (Wildman–Crippen LogP) is 3.45. The Labute approximate surface area is 125 Å². The third-order valence-electron chi connectivity index (χ3n) is 4.13. The van der Waals surface area contributed by atoms with E-state index in [0.29, 0.717) is 6.54 Å². The first-order chi connectivity index (χ1) is 10.1. The van der Waals surface area contributed by atoms with Gasteiger partial charge in [0.2, 0.25) is 0 Å². The van der Waals surface area contributed by atoms with E-state index in [1.807, 2.05) is 6.33 Å². The summed E-state index contributed by atoms with van der Waals surface area (Å²) in [5.41, 5.74) is 14.1. The molecule has 0 saturated carbocycles. The molecule has 1 heterocycles. The number of rotatable bonds is 3. The highest BCUT2D eigenvalue weighted by Gasteiger charge is 2.09. The van der Waals surface area contributed by atoms with Crippen LogP contribution in [0.4, 0.5) is 0 Å². The fourth-order valence-corrected chi connectivity index (χ4v) is 2.69. The lowest BCUT2D eigenvalue weighted by molar-refractivity contribution is 0.959. The monoisotopic (exact) mass is 279 g/mol. The van der Waals surface area contributed by atoms with Gasteiger partial charge in [-0.15, -0.1) is 0 Å². The average Bonchev–Trinajstić information content (AvgIpc) is 2.84. The van der Waals surface area contributed by atoms with E-state index in [0.717, 1.165) is 17.5 Å². The zero-order chi connectivity index (χ0) is 15.0. The lowest BCUT2D eigenvalue weighted by Crippen LogP contribution is -2.04. The third-order valence-corrected chi connectivity index (χ3v) is 4.13. The van der Waals surface area contributed by atoms with E-state index in [9.17, 15) is 0 Å². The van der Waals surface area contributed by atoms with Crippen LogP contribution in [0.5, 0.6) is 0 Å². The van der Waals surface area contributed by atoms with Crippen LogP contribution in [0.1, 0.15) is 22.3 Å². The fourth-order valence-electron chi connectivity index (χ4n) is 2.69. The van der Waals surface area contributed by atoms with Gasteiger partial charge >= 0.3 is 0 Å². The molecule has 3 nitrogen and oxygen atoms in total. The van der Waals surface area contributed by atoms with Crippen molar-refractivity contribution in [1.82, 2.24) is 9.55 Å². The summed E-state index contributed by atoms with van der Waals surface area (Å²) in [5, 5.41) is 0. The Morgan fingerprint density at radius 1 is 1.00 bits per heavy atom. The van der Waals surface area contributed by atoms with Crippen molar-refractivity contribution in [2.45, 2.75) is 27.2 Å². The lowest BCUT2D eigenvalue weighted by atomic mass is 10.1. The van der Waals surface area contributed by atoms with Gasteiger partial charge in [0.05, 0.1) is 16.7 Å². The minimum Gasteiger partial charge on any atom is -0.330 e. The van der Waals surface area contributed by atoms with Crippen LogP contribution in [0.3, 0.4) is 0 Å². The van der Waals surface area contributed by atoms with E-state index in [1.54, 1.807) is 0 Å². The second-order valence-electron chi connectivity index (χ2n) is 5.70. The van der Waals surface area contributed by atoms with Crippen LogP contribution in [0.2, 0.25) is 0 Å². The molecule has 0 amide bonds. The summed E-state index contributed by atoms with van der Waals surface area (Å²) in [5.74, 6) is 0. The quantitative estimate of drug-likeness (QED) is 0.798. The summed E-state index contributed by atoms with van der Waals surface area (Å²) in [6.07, 6.45) is 2.82. The molecule has 0 unspecified atom stereocenters. The third kappa shape index (κ3) is 2.45. The van der Waals surface area contributed by atoms with Gasteiger partial charge in [-0.3, -0.25) is 4.57 Å². The second kappa shape index (κ2) is 5.34. The maximum Gasteiger partial charge on any atom is 0.100 e. The first-order valence-corrected chi connectivity index (χ1v) is 7.34. The molecule has 21 heavy (non-hydrogen) atoms. The molecular formula is C18H21N3. The van der Waals surface area contributed by atoms with Crippen molar-refractivity contribution in [2.75, 3.05) is 6.54 Å². The Balaban J connectivity index is 2.20. The fraction of sp³-hybridized carbons (Fsp3) is 0.278. The number of benzene rings is 2. The molecule has 0 radical (unpaired) electrons. The SMILES string of the molecule is Cc1cc2ncn(-c3cc(CCN)ccc3C)c2cc1C. The number of imidazole rings is 1. The number of nitrogens with zero attached hydrogens (tertiary/aromatic N) is 2. The summed E-state index contributed by atoms with van der Waals surface area (Å²) >= 11 is 0. The van der Waals surface area contributed by atoms with E-state index >= 15 is 0 Å². The van der Waals surface area contributed by atoms with Crippen LogP contribution < -0.4 is 5.73 Å². The van der Waals surface area contributed by atoms with Gasteiger partial charge in [0, 0.05) is 0 Å². The summed E-state index contributed by atoms with van der Waals surface area (Å²) < 4.78 is 2.18. The smallest absolute Gasteiger partial charge is 0.100 e. The van der Waals surface area contributed by atoms with Gasteiger partial charge in [-0.1, -0.05) is 12.1 Å². The van der Waals surface area contributed by atoms with Gasteiger partial charge in [0.1, 0.15) is 6.33 Å². The van der Waals surface area contributed by atoms with Gasteiger partial charge in [-0.25, -0.2) is 4.98 Å². The van der Waals surface area contributed by atoms with E-state index in [1.165, 1.54) is 27.9 Å². The van der Waals surface area contributed by atoms with Crippen LogP contribution in [0.15, 0.2) is 36.7 Å². The van der Waals surface area contributed by atoms with E-state index in [2.05, 4.69) is 60.7 Å². The van der Waals surface area contributed by atoms with Gasteiger partial charge in [0.15, 0.2) is 0 Å². The van der Waals surface area contributed by atoms with Crippen molar-refractivity contribution >= 4 is 11.0 Å². The van der Waals surface area contributed by atoms with Crippen molar-refractivity contribution in [3.05, 3.63) is 58.9 Å². The molecule has 3 rings (SSSR count). The highest BCUT2D eigenvalue weighted by atomic mass is 15.0. The lowest BCUT2D eigenvalue weighted by Gasteiger charge is -2.11. The number of hydrogen-bond acceptors (Lipinski definition) is 2. The Kier molecular flexibility index (Phi) is 3.52. The standard InChI is InChI=1S/C18H21N3/c1-12-4-5-15(6-7-19)10-17(12)21-11-20-16-8-13(2)14(3)9-18(16)21/h4-5,8-11H,6-7,19H2,1-3H3. The van der Waals surface area contributed by atoms with Crippen molar-refractivity contribution in [3.63, 3.8) is 0 Å².